The Hall–Kier alpha value is -0.970. The van der Waals surface area contributed by atoms with Crippen LogP contribution < -0.4 is 10.1 Å². The maximum absolute atomic E-state index is 12.0. The molecule has 1 saturated heterocycles. The van der Waals surface area contributed by atoms with Gasteiger partial charge in [0.15, 0.2) is 6.61 Å². The van der Waals surface area contributed by atoms with Crippen molar-refractivity contribution in [3.05, 3.63) is 28.2 Å². The van der Waals surface area contributed by atoms with Gasteiger partial charge in [0.05, 0.1) is 0 Å². The molecule has 6 heteroatoms. The molecular weight excluding hydrogens is 287 g/mol. The summed E-state index contributed by atoms with van der Waals surface area (Å²) in [5.74, 6) is 0.499. The van der Waals surface area contributed by atoms with Crippen LogP contribution in [0.25, 0.3) is 0 Å². The van der Waals surface area contributed by atoms with Gasteiger partial charge in [-0.05, 0) is 31.2 Å². The van der Waals surface area contributed by atoms with Gasteiger partial charge in [-0.1, -0.05) is 23.2 Å². The van der Waals surface area contributed by atoms with Crippen molar-refractivity contribution in [1.29, 1.82) is 0 Å². The SMILES string of the molecule is O=C(COc1cc(Cl)cc(Cl)c1)N1CCCNCC1. The van der Waals surface area contributed by atoms with Crippen molar-refractivity contribution in [2.75, 3.05) is 32.8 Å². The number of carbonyl (C=O) groups is 1. The van der Waals surface area contributed by atoms with Gasteiger partial charge in [-0.3, -0.25) is 4.79 Å². The second-order valence-corrected chi connectivity index (χ2v) is 5.25. The molecule has 0 bridgehead atoms. The molecule has 0 aromatic heterocycles. The summed E-state index contributed by atoms with van der Waals surface area (Å²) in [4.78, 5) is 13.8. The Morgan fingerprint density at radius 3 is 2.68 bits per heavy atom. The molecule has 1 fully saturated rings. The number of hydrogen-bond donors (Lipinski definition) is 1. The van der Waals surface area contributed by atoms with Crippen molar-refractivity contribution in [3.8, 4) is 5.75 Å². The molecule has 1 N–H and O–H groups in total. The van der Waals surface area contributed by atoms with E-state index in [2.05, 4.69) is 5.32 Å². The average molecular weight is 303 g/mol. The molecule has 104 valence electrons. The Morgan fingerprint density at radius 2 is 1.95 bits per heavy atom. The van der Waals surface area contributed by atoms with E-state index in [4.69, 9.17) is 27.9 Å². The van der Waals surface area contributed by atoms with E-state index in [1.807, 2.05) is 4.90 Å². The fourth-order valence-corrected chi connectivity index (χ4v) is 2.45. The lowest BCUT2D eigenvalue weighted by atomic mass is 10.3. The molecule has 1 aromatic carbocycles. The third-order valence-electron chi connectivity index (χ3n) is 2.89. The van der Waals surface area contributed by atoms with Gasteiger partial charge >= 0.3 is 0 Å². The highest BCUT2D eigenvalue weighted by Crippen LogP contribution is 2.24. The first-order chi connectivity index (χ1) is 9.15. The summed E-state index contributed by atoms with van der Waals surface area (Å²) in [5.41, 5.74) is 0. The number of halogens is 2. The average Bonchev–Trinajstić information content (AvgIpc) is 2.63. The maximum Gasteiger partial charge on any atom is 0.260 e. The van der Waals surface area contributed by atoms with E-state index < -0.39 is 0 Å². The fourth-order valence-electron chi connectivity index (χ4n) is 1.94. The number of ether oxygens (including phenoxy) is 1. The van der Waals surface area contributed by atoms with Gasteiger partial charge in [-0.25, -0.2) is 0 Å². The van der Waals surface area contributed by atoms with Crippen LogP contribution in [0.5, 0.6) is 5.75 Å². The van der Waals surface area contributed by atoms with Gasteiger partial charge < -0.3 is 15.0 Å². The lowest BCUT2D eigenvalue weighted by Crippen LogP contribution is -2.37. The van der Waals surface area contributed by atoms with E-state index in [9.17, 15) is 4.79 Å². The number of nitrogens with one attached hydrogen (secondary N) is 1. The Labute approximate surface area is 122 Å². The van der Waals surface area contributed by atoms with E-state index in [1.165, 1.54) is 0 Å². The highest BCUT2D eigenvalue weighted by molar-refractivity contribution is 6.34. The zero-order chi connectivity index (χ0) is 13.7. The van der Waals surface area contributed by atoms with Crippen molar-refractivity contribution in [3.63, 3.8) is 0 Å². The summed E-state index contributed by atoms with van der Waals surface area (Å²) >= 11 is 11.7. The number of rotatable bonds is 3. The predicted octanol–water partition coefficient (Wildman–Crippen LogP) is 2.19. The van der Waals surface area contributed by atoms with Crippen LogP contribution in [0.2, 0.25) is 10.0 Å². The second kappa shape index (κ2) is 6.98. The Balaban J connectivity index is 1.88. The molecule has 0 atom stereocenters. The first kappa shape index (κ1) is 14.4. The molecule has 1 amide bonds. The monoisotopic (exact) mass is 302 g/mol. The first-order valence-corrected chi connectivity index (χ1v) is 6.98. The second-order valence-electron chi connectivity index (χ2n) is 4.38. The Bertz CT molecular complexity index is 426. The van der Waals surface area contributed by atoms with Gasteiger partial charge in [-0.15, -0.1) is 0 Å². The third-order valence-corrected chi connectivity index (χ3v) is 3.33. The quantitative estimate of drug-likeness (QED) is 0.931. The summed E-state index contributed by atoms with van der Waals surface area (Å²) < 4.78 is 5.44. The molecule has 0 unspecified atom stereocenters. The molecule has 4 nitrogen and oxygen atoms in total. The number of nitrogens with zero attached hydrogens (tertiary/aromatic N) is 1. The highest BCUT2D eigenvalue weighted by atomic mass is 35.5. The van der Waals surface area contributed by atoms with E-state index in [0.29, 0.717) is 15.8 Å². The molecular formula is C13H16Cl2N2O2. The zero-order valence-corrected chi connectivity index (χ0v) is 12.0. The van der Waals surface area contributed by atoms with Crippen molar-refractivity contribution in [2.45, 2.75) is 6.42 Å². The minimum atomic E-state index is -0.0141. The van der Waals surface area contributed by atoms with Crippen LogP contribution in [0, 0.1) is 0 Å². The van der Waals surface area contributed by atoms with Crippen LogP contribution in [-0.4, -0.2) is 43.6 Å². The van der Waals surface area contributed by atoms with Crippen LogP contribution in [0.3, 0.4) is 0 Å². The van der Waals surface area contributed by atoms with Crippen molar-refractivity contribution >= 4 is 29.1 Å². The summed E-state index contributed by atoms with van der Waals surface area (Å²) in [5, 5.41) is 4.24. The number of amides is 1. The van der Waals surface area contributed by atoms with Crippen molar-refractivity contribution in [2.24, 2.45) is 0 Å². The van der Waals surface area contributed by atoms with E-state index >= 15 is 0 Å². The summed E-state index contributed by atoms with van der Waals surface area (Å²) in [6.45, 7) is 3.28. The largest absolute Gasteiger partial charge is 0.484 e. The zero-order valence-electron chi connectivity index (χ0n) is 10.5. The van der Waals surface area contributed by atoms with Gasteiger partial charge in [0.2, 0.25) is 0 Å². The van der Waals surface area contributed by atoms with E-state index in [-0.39, 0.29) is 12.5 Å². The van der Waals surface area contributed by atoms with Crippen molar-refractivity contribution in [1.82, 2.24) is 10.2 Å². The molecule has 2 rings (SSSR count). The molecule has 19 heavy (non-hydrogen) atoms. The van der Waals surface area contributed by atoms with Crippen LogP contribution in [0.15, 0.2) is 18.2 Å². The summed E-state index contributed by atoms with van der Waals surface area (Å²) in [7, 11) is 0. The predicted molar refractivity (Wildman–Crippen MR) is 76.0 cm³/mol. The minimum absolute atomic E-state index is 0.0106. The van der Waals surface area contributed by atoms with Crippen LogP contribution >= 0.6 is 23.2 Å². The topological polar surface area (TPSA) is 41.6 Å². The van der Waals surface area contributed by atoms with Crippen LogP contribution in [0.1, 0.15) is 6.42 Å². The van der Waals surface area contributed by atoms with Gasteiger partial charge in [0.25, 0.3) is 5.91 Å². The van der Waals surface area contributed by atoms with Gasteiger partial charge in [-0.2, -0.15) is 0 Å². The molecule has 1 aliphatic heterocycles. The summed E-state index contributed by atoms with van der Waals surface area (Å²) in [6.07, 6.45) is 0.967. The first-order valence-electron chi connectivity index (χ1n) is 6.22. The number of carbonyl (C=O) groups excluding carboxylic acids is 1. The fraction of sp³-hybridized carbons (Fsp3) is 0.462. The maximum atomic E-state index is 12.0. The van der Waals surface area contributed by atoms with Crippen LogP contribution in [-0.2, 0) is 4.79 Å². The smallest absolute Gasteiger partial charge is 0.260 e. The summed E-state index contributed by atoms with van der Waals surface area (Å²) in [6, 6.07) is 4.91. The van der Waals surface area contributed by atoms with E-state index in [0.717, 1.165) is 32.6 Å². The minimum Gasteiger partial charge on any atom is -0.484 e. The lowest BCUT2D eigenvalue weighted by Gasteiger charge is -2.20. The lowest BCUT2D eigenvalue weighted by molar-refractivity contribution is -0.133. The highest BCUT2D eigenvalue weighted by Gasteiger charge is 2.15. The Kier molecular flexibility index (Phi) is 5.31. The molecule has 0 spiro atoms. The van der Waals surface area contributed by atoms with E-state index in [1.54, 1.807) is 18.2 Å². The molecule has 1 heterocycles. The Morgan fingerprint density at radius 1 is 1.21 bits per heavy atom. The van der Waals surface area contributed by atoms with Crippen molar-refractivity contribution < 1.29 is 9.53 Å². The van der Waals surface area contributed by atoms with Gasteiger partial charge in [0.1, 0.15) is 5.75 Å². The number of benzene rings is 1. The molecule has 0 aliphatic carbocycles. The number of hydrogen-bond acceptors (Lipinski definition) is 3. The molecule has 0 radical (unpaired) electrons. The normalized spacial score (nSPS) is 16.0. The third kappa shape index (κ3) is 4.56. The molecule has 1 aromatic rings. The standard InChI is InChI=1S/C13H16Cl2N2O2/c14-10-6-11(15)8-12(7-10)19-9-13(18)17-4-1-2-16-3-5-17/h6-8,16H,1-5,9H2. The van der Waals surface area contributed by atoms with Gasteiger partial charge in [0, 0.05) is 29.7 Å². The molecule has 1 aliphatic rings. The molecule has 0 saturated carbocycles. The van der Waals surface area contributed by atoms with Crippen LogP contribution in [0.4, 0.5) is 0 Å².